The highest BCUT2D eigenvalue weighted by Crippen LogP contribution is 2.32. The number of alkyl carbamates (subject to hydrolysis) is 1. The van der Waals surface area contributed by atoms with Gasteiger partial charge in [-0.25, -0.2) is 4.79 Å². The number of nitrogens with zero attached hydrogens (tertiary/aromatic N) is 1. The predicted molar refractivity (Wildman–Crippen MR) is 115 cm³/mol. The fourth-order valence-electron chi connectivity index (χ4n) is 3.71. The number of nitrogens with one attached hydrogen (secondary N) is 1. The Morgan fingerprint density at radius 3 is 2.59 bits per heavy atom. The molecule has 3 rings (SSSR count). The third-order valence-electron chi connectivity index (χ3n) is 5.17. The van der Waals surface area contributed by atoms with Crippen molar-refractivity contribution in [2.75, 3.05) is 6.61 Å². The lowest BCUT2D eigenvalue weighted by Gasteiger charge is -2.22. The average Bonchev–Trinajstić information content (AvgIpc) is 3.14. The molecule has 0 aliphatic heterocycles. The monoisotopic (exact) mass is 420 g/mol. The number of hydrogen-bond donors (Lipinski definition) is 1. The molecule has 2 aromatic rings. The molecule has 0 radical (unpaired) electrons. The Bertz CT molecular complexity index is 956. The SMILES string of the molecule is Cn1c(CNC(=O)OC(C)(C)C)c(OCC2CCCC2)c2cc(Cl)ccc2c1=O. The first-order valence-electron chi connectivity index (χ1n) is 10.1. The molecule has 1 amide bonds. The highest BCUT2D eigenvalue weighted by atomic mass is 35.5. The second-order valence-electron chi connectivity index (χ2n) is 8.65. The van der Waals surface area contributed by atoms with E-state index >= 15 is 0 Å². The van der Waals surface area contributed by atoms with Crippen molar-refractivity contribution in [3.63, 3.8) is 0 Å². The molecule has 1 saturated carbocycles. The molecule has 1 aliphatic rings. The minimum absolute atomic E-state index is 0.114. The van der Waals surface area contributed by atoms with Crippen LogP contribution >= 0.6 is 11.6 Å². The number of ether oxygens (including phenoxy) is 2. The van der Waals surface area contributed by atoms with E-state index in [-0.39, 0.29) is 12.1 Å². The van der Waals surface area contributed by atoms with Gasteiger partial charge in [0.15, 0.2) is 0 Å². The third-order valence-corrected chi connectivity index (χ3v) is 5.40. The molecule has 1 heterocycles. The second-order valence-corrected chi connectivity index (χ2v) is 9.08. The summed E-state index contributed by atoms with van der Waals surface area (Å²) in [4.78, 5) is 25.0. The summed E-state index contributed by atoms with van der Waals surface area (Å²) in [5.74, 6) is 1.10. The third kappa shape index (κ3) is 5.24. The van der Waals surface area contributed by atoms with Crippen LogP contribution in [0.5, 0.6) is 5.75 Å². The van der Waals surface area contributed by atoms with Crippen LogP contribution in [0.1, 0.15) is 52.1 Å². The predicted octanol–water partition coefficient (Wildman–Crippen LogP) is 4.79. The van der Waals surface area contributed by atoms with E-state index in [9.17, 15) is 9.59 Å². The normalized spacial score (nSPS) is 14.9. The standard InChI is InChI=1S/C22H29ClN2O4/c1-22(2,3)29-21(27)24-12-18-19(28-13-14-7-5-6-8-14)17-11-15(23)9-10-16(17)20(26)25(18)4/h9-11,14H,5-8,12-13H2,1-4H3,(H,24,27). The number of fused-ring (bicyclic) bond motifs is 1. The van der Waals surface area contributed by atoms with Crippen LogP contribution in [0.25, 0.3) is 10.8 Å². The molecule has 1 aromatic carbocycles. The van der Waals surface area contributed by atoms with Crippen LogP contribution < -0.4 is 15.6 Å². The maximum Gasteiger partial charge on any atom is 0.407 e. The Morgan fingerprint density at radius 1 is 1.24 bits per heavy atom. The Morgan fingerprint density at radius 2 is 1.93 bits per heavy atom. The summed E-state index contributed by atoms with van der Waals surface area (Å²) in [6.07, 6.45) is 4.20. The van der Waals surface area contributed by atoms with Gasteiger partial charge in [-0.05, 0) is 57.7 Å². The maximum absolute atomic E-state index is 12.9. The molecule has 6 nitrogen and oxygen atoms in total. The zero-order valence-electron chi connectivity index (χ0n) is 17.5. The van der Waals surface area contributed by atoms with Crippen LogP contribution in [0.3, 0.4) is 0 Å². The fraction of sp³-hybridized carbons (Fsp3) is 0.545. The number of aromatic nitrogens is 1. The molecule has 158 valence electrons. The molecule has 1 fully saturated rings. The first-order valence-corrected chi connectivity index (χ1v) is 10.4. The summed E-state index contributed by atoms with van der Waals surface area (Å²) in [6.45, 7) is 6.10. The summed E-state index contributed by atoms with van der Waals surface area (Å²) < 4.78 is 13.1. The lowest BCUT2D eigenvalue weighted by atomic mass is 10.1. The van der Waals surface area contributed by atoms with Crippen LogP contribution in [0.2, 0.25) is 5.02 Å². The van der Waals surface area contributed by atoms with E-state index in [1.165, 1.54) is 17.4 Å². The molecule has 0 spiro atoms. The molecule has 1 aromatic heterocycles. The zero-order chi connectivity index (χ0) is 21.2. The van der Waals surface area contributed by atoms with Crippen molar-refractivity contribution >= 4 is 28.5 Å². The van der Waals surface area contributed by atoms with Crippen molar-refractivity contribution in [1.29, 1.82) is 0 Å². The Hall–Kier alpha value is -2.21. The minimum Gasteiger partial charge on any atom is -0.491 e. The van der Waals surface area contributed by atoms with Crippen molar-refractivity contribution in [1.82, 2.24) is 9.88 Å². The molecule has 29 heavy (non-hydrogen) atoms. The quantitative estimate of drug-likeness (QED) is 0.755. The van der Waals surface area contributed by atoms with Gasteiger partial charge in [-0.1, -0.05) is 24.4 Å². The molecule has 1 aliphatic carbocycles. The van der Waals surface area contributed by atoms with Crippen molar-refractivity contribution in [2.45, 2.75) is 58.6 Å². The van der Waals surface area contributed by atoms with E-state index < -0.39 is 11.7 Å². The topological polar surface area (TPSA) is 69.6 Å². The van der Waals surface area contributed by atoms with Gasteiger partial charge in [-0.2, -0.15) is 0 Å². The van der Waals surface area contributed by atoms with Crippen molar-refractivity contribution < 1.29 is 14.3 Å². The van der Waals surface area contributed by atoms with Crippen LogP contribution in [0.15, 0.2) is 23.0 Å². The number of benzene rings is 1. The number of carbonyl (C=O) groups excluding carboxylic acids is 1. The molecule has 0 bridgehead atoms. The van der Waals surface area contributed by atoms with Crippen LogP contribution in [-0.4, -0.2) is 22.9 Å². The van der Waals surface area contributed by atoms with Gasteiger partial charge in [0.2, 0.25) is 0 Å². The summed E-state index contributed by atoms with van der Waals surface area (Å²) >= 11 is 6.21. The number of pyridine rings is 1. The largest absolute Gasteiger partial charge is 0.491 e. The van der Waals surface area contributed by atoms with Gasteiger partial charge in [0.25, 0.3) is 5.56 Å². The number of carbonyl (C=O) groups is 1. The minimum atomic E-state index is -0.603. The van der Waals surface area contributed by atoms with Gasteiger partial charge < -0.3 is 19.4 Å². The van der Waals surface area contributed by atoms with E-state index in [2.05, 4.69) is 5.32 Å². The van der Waals surface area contributed by atoms with Crippen LogP contribution in [0, 0.1) is 5.92 Å². The van der Waals surface area contributed by atoms with Gasteiger partial charge >= 0.3 is 6.09 Å². The molecule has 1 N–H and O–H groups in total. The molecular weight excluding hydrogens is 392 g/mol. The second kappa shape index (κ2) is 8.66. The first-order chi connectivity index (χ1) is 13.7. The Balaban J connectivity index is 1.96. The van der Waals surface area contributed by atoms with Gasteiger partial charge in [0.05, 0.1) is 24.2 Å². The molecule has 0 saturated heterocycles. The molecule has 0 atom stereocenters. The van der Waals surface area contributed by atoms with Gasteiger partial charge in [0.1, 0.15) is 11.4 Å². The molecule has 7 heteroatoms. The zero-order valence-corrected chi connectivity index (χ0v) is 18.3. The van der Waals surface area contributed by atoms with Gasteiger partial charge in [-0.3, -0.25) is 4.79 Å². The number of halogens is 1. The highest BCUT2D eigenvalue weighted by Gasteiger charge is 2.22. The van der Waals surface area contributed by atoms with E-state index in [4.69, 9.17) is 21.1 Å². The summed E-state index contributed by atoms with van der Waals surface area (Å²) in [6, 6.07) is 5.16. The Kier molecular flexibility index (Phi) is 6.42. The lowest BCUT2D eigenvalue weighted by molar-refractivity contribution is 0.0522. The molecular formula is C22H29ClN2O4. The summed E-state index contributed by atoms with van der Waals surface area (Å²) in [7, 11) is 1.69. The van der Waals surface area contributed by atoms with E-state index in [0.29, 0.717) is 39.8 Å². The van der Waals surface area contributed by atoms with E-state index in [1.807, 2.05) is 0 Å². The number of rotatable bonds is 5. The van der Waals surface area contributed by atoms with E-state index in [1.54, 1.807) is 46.0 Å². The summed E-state index contributed by atoms with van der Waals surface area (Å²) in [5, 5.41) is 4.47. The first kappa shape index (κ1) is 21.5. The maximum atomic E-state index is 12.9. The smallest absolute Gasteiger partial charge is 0.407 e. The number of amides is 1. The fourth-order valence-corrected chi connectivity index (χ4v) is 3.88. The molecule has 0 unspecified atom stereocenters. The van der Waals surface area contributed by atoms with Crippen LogP contribution in [-0.2, 0) is 18.3 Å². The highest BCUT2D eigenvalue weighted by molar-refractivity contribution is 6.31. The van der Waals surface area contributed by atoms with E-state index in [0.717, 1.165) is 12.8 Å². The lowest BCUT2D eigenvalue weighted by Crippen LogP contribution is -2.34. The summed E-state index contributed by atoms with van der Waals surface area (Å²) in [5.41, 5.74) is -0.172. The van der Waals surface area contributed by atoms with Crippen molar-refractivity contribution in [2.24, 2.45) is 13.0 Å². The van der Waals surface area contributed by atoms with Crippen molar-refractivity contribution in [3.8, 4) is 5.75 Å². The van der Waals surface area contributed by atoms with Gasteiger partial charge in [0, 0.05) is 17.5 Å². The van der Waals surface area contributed by atoms with Gasteiger partial charge in [-0.15, -0.1) is 0 Å². The number of hydrogen-bond acceptors (Lipinski definition) is 4. The van der Waals surface area contributed by atoms with Crippen LogP contribution in [0.4, 0.5) is 4.79 Å². The van der Waals surface area contributed by atoms with Crippen molar-refractivity contribution in [3.05, 3.63) is 39.3 Å². The average molecular weight is 421 g/mol. The Labute approximate surface area is 176 Å².